The van der Waals surface area contributed by atoms with Crippen LogP contribution in [-0.2, 0) is 11.8 Å². The molecule has 1 fully saturated rings. The van der Waals surface area contributed by atoms with E-state index in [0.717, 1.165) is 36.1 Å². The van der Waals surface area contributed by atoms with Gasteiger partial charge in [-0.2, -0.15) is 5.10 Å². The number of nitrogens with zero attached hydrogens (tertiary/aromatic N) is 4. The molecular formula is C25H28N4O2. The van der Waals surface area contributed by atoms with Gasteiger partial charge >= 0.3 is 0 Å². The van der Waals surface area contributed by atoms with Crippen molar-refractivity contribution in [2.45, 2.75) is 32.2 Å². The fraction of sp³-hybridized carbons (Fsp3) is 0.320. The molecule has 0 spiro atoms. The Kier molecular flexibility index (Phi) is 6.16. The molecule has 0 bridgehead atoms. The van der Waals surface area contributed by atoms with E-state index in [4.69, 9.17) is 0 Å². The molecular weight excluding hydrogens is 388 g/mol. The zero-order valence-corrected chi connectivity index (χ0v) is 18.1. The number of unbranched alkanes of at least 4 members (excludes halogenated alkanes) is 1. The Bertz CT molecular complexity index is 1060. The zero-order valence-electron chi connectivity index (χ0n) is 18.1. The molecule has 1 aliphatic rings. The summed E-state index contributed by atoms with van der Waals surface area (Å²) in [5, 5.41) is 4.25. The maximum atomic E-state index is 13.1. The van der Waals surface area contributed by atoms with Crippen molar-refractivity contribution in [2.24, 2.45) is 7.05 Å². The summed E-state index contributed by atoms with van der Waals surface area (Å²) < 4.78 is 1.61. The molecule has 2 amide bonds. The molecule has 2 heterocycles. The third-order valence-electron chi connectivity index (χ3n) is 5.79. The van der Waals surface area contributed by atoms with Crippen LogP contribution >= 0.6 is 0 Å². The Morgan fingerprint density at radius 1 is 1.06 bits per heavy atom. The molecule has 0 N–H and O–H groups in total. The largest absolute Gasteiger partial charge is 0.323 e. The van der Waals surface area contributed by atoms with E-state index in [1.54, 1.807) is 28.9 Å². The lowest BCUT2D eigenvalue weighted by Gasteiger charge is -2.41. The molecule has 6 heteroatoms. The highest BCUT2D eigenvalue weighted by Crippen LogP contribution is 2.28. The van der Waals surface area contributed by atoms with Crippen molar-refractivity contribution < 1.29 is 9.59 Å². The number of carbonyl (C=O) groups is 2. The highest BCUT2D eigenvalue weighted by Gasteiger charge is 2.36. The van der Waals surface area contributed by atoms with Crippen molar-refractivity contribution in [3.8, 4) is 11.1 Å². The minimum Gasteiger partial charge on any atom is -0.323 e. The smallest absolute Gasteiger partial charge is 0.275 e. The quantitative estimate of drug-likeness (QED) is 0.607. The monoisotopic (exact) mass is 416 g/mol. The number of anilines is 1. The van der Waals surface area contributed by atoms with Crippen LogP contribution in [-0.4, -0.2) is 45.6 Å². The lowest BCUT2D eigenvalue weighted by Crippen LogP contribution is -2.58. The minimum absolute atomic E-state index is 0.0347. The molecule has 0 radical (unpaired) electrons. The van der Waals surface area contributed by atoms with Gasteiger partial charge in [0.1, 0.15) is 12.2 Å². The second-order valence-electron chi connectivity index (χ2n) is 8.02. The van der Waals surface area contributed by atoms with Crippen LogP contribution in [0, 0.1) is 0 Å². The average molecular weight is 417 g/mol. The Morgan fingerprint density at radius 2 is 1.84 bits per heavy atom. The first-order chi connectivity index (χ1) is 15.1. The van der Waals surface area contributed by atoms with Crippen LogP contribution in [0.2, 0.25) is 0 Å². The van der Waals surface area contributed by atoms with Crippen LogP contribution in [0.25, 0.3) is 11.1 Å². The number of rotatable bonds is 6. The van der Waals surface area contributed by atoms with E-state index in [2.05, 4.69) is 36.3 Å². The molecule has 0 unspecified atom stereocenters. The molecule has 0 saturated carbocycles. The summed E-state index contributed by atoms with van der Waals surface area (Å²) in [6.07, 6.45) is 4.65. The van der Waals surface area contributed by atoms with Gasteiger partial charge in [0.2, 0.25) is 5.91 Å². The molecule has 0 aliphatic carbocycles. The average Bonchev–Trinajstić information content (AvgIpc) is 3.24. The number of carbonyl (C=O) groups excluding carboxylic acids is 2. The van der Waals surface area contributed by atoms with Gasteiger partial charge in [-0.1, -0.05) is 62.2 Å². The van der Waals surface area contributed by atoms with E-state index in [1.165, 1.54) is 0 Å². The van der Waals surface area contributed by atoms with Crippen LogP contribution in [0.1, 0.15) is 36.7 Å². The fourth-order valence-corrected chi connectivity index (χ4v) is 4.11. The standard InChI is InChI=1S/C25H28N4O2/c1-3-4-12-22-17-28(21-13-8-11-20(16-21)19-9-6-5-7-10-19)24(30)18-29(22)25(31)23-14-15-27(2)26-23/h5-11,13-16,22H,3-4,12,17-18H2,1-2H3/t22-/m1/s1. The number of amides is 2. The van der Waals surface area contributed by atoms with Gasteiger partial charge in [-0.3, -0.25) is 14.3 Å². The summed E-state index contributed by atoms with van der Waals surface area (Å²) in [5.41, 5.74) is 3.44. The van der Waals surface area contributed by atoms with Crippen LogP contribution in [0.15, 0.2) is 66.9 Å². The summed E-state index contributed by atoms with van der Waals surface area (Å²) in [6.45, 7) is 2.70. The van der Waals surface area contributed by atoms with Gasteiger partial charge in [0, 0.05) is 25.5 Å². The van der Waals surface area contributed by atoms with Gasteiger partial charge < -0.3 is 9.80 Å². The van der Waals surface area contributed by atoms with Crippen LogP contribution in [0.4, 0.5) is 5.69 Å². The summed E-state index contributed by atoms with van der Waals surface area (Å²) in [4.78, 5) is 29.7. The lowest BCUT2D eigenvalue weighted by molar-refractivity contribution is -0.121. The van der Waals surface area contributed by atoms with Gasteiger partial charge in [-0.05, 0) is 35.7 Å². The van der Waals surface area contributed by atoms with E-state index in [0.29, 0.717) is 12.2 Å². The number of benzene rings is 2. The van der Waals surface area contributed by atoms with E-state index >= 15 is 0 Å². The SMILES string of the molecule is CCCC[C@@H]1CN(c2cccc(-c3ccccc3)c2)C(=O)CN1C(=O)c1ccn(C)n1. The summed E-state index contributed by atoms with van der Waals surface area (Å²) in [7, 11) is 1.79. The second-order valence-corrected chi connectivity index (χ2v) is 8.02. The minimum atomic E-state index is -0.173. The Hall–Kier alpha value is -3.41. The molecule has 1 aromatic heterocycles. The molecule has 160 valence electrons. The number of hydrogen-bond donors (Lipinski definition) is 0. The van der Waals surface area contributed by atoms with Crippen LogP contribution in [0.3, 0.4) is 0 Å². The van der Waals surface area contributed by atoms with Crippen LogP contribution < -0.4 is 4.90 Å². The van der Waals surface area contributed by atoms with Crippen molar-refractivity contribution in [2.75, 3.05) is 18.0 Å². The van der Waals surface area contributed by atoms with E-state index < -0.39 is 0 Å². The molecule has 4 rings (SSSR count). The molecule has 1 atom stereocenters. The Labute approximate surface area is 183 Å². The highest BCUT2D eigenvalue weighted by molar-refractivity contribution is 6.01. The third-order valence-corrected chi connectivity index (χ3v) is 5.79. The highest BCUT2D eigenvalue weighted by atomic mass is 16.2. The van der Waals surface area contributed by atoms with Gasteiger partial charge in [0.05, 0.1) is 6.04 Å². The number of aromatic nitrogens is 2. The number of hydrogen-bond acceptors (Lipinski definition) is 3. The Morgan fingerprint density at radius 3 is 2.55 bits per heavy atom. The fourth-order valence-electron chi connectivity index (χ4n) is 4.11. The molecule has 31 heavy (non-hydrogen) atoms. The maximum absolute atomic E-state index is 13.1. The van der Waals surface area contributed by atoms with Crippen molar-refractivity contribution in [3.63, 3.8) is 0 Å². The third kappa shape index (κ3) is 4.53. The summed E-state index contributed by atoms with van der Waals surface area (Å²) >= 11 is 0. The van der Waals surface area contributed by atoms with Crippen molar-refractivity contribution >= 4 is 17.5 Å². The van der Waals surface area contributed by atoms with E-state index in [9.17, 15) is 9.59 Å². The van der Waals surface area contributed by atoms with Crippen molar-refractivity contribution in [1.29, 1.82) is 0 Å². The first kappa shape index (κ1) is 20.8. The topological polar surface area (TPSA) is 58.4 Å². The van der Waals surface area contributed by atoms with Gasteiger partial charge in [0.25, 0.3) is 5.91 Å². The second kappa shape index (κ2) is 9.16. The maximum Gasteiger partial charge on any atom is 0.275 e. The zero-order chi connectivity index (χ0) is 21.8. The van der Waals surface area contributed by atoms with Gasteiger partial charge in [-0.15, -0.1) is 0 Å². The van der Waals surface area contributed by atoms with Gasteiger partial charge in [0.15, 0.2) is 0 Å². The molecule has 1 aliphatic heterocycles. The Balaban J connectivity index is 1.60. The lowest BCUT2D eigenvalue weighted by atomic mass is 10.0. The molecule has 2 aromatic carbocycles. The number of aryl methyl sites for hydroxylation is 1. The van der Waals surface area contributed by atoms with E-state index in [-0.39, 0.29) is 24.4 Å². The van der Waals surface area contributed by atoms with E-state index in [1.807, 2.05) is 35.2 Å². The first-order valence-electron chi connectivity index (χ1n) is 10.8. The number of piperazine rings is 1. The predicted molar refractivity (Wildman–Crippen MR) is 122 cm³/mol. The van der Waals surface area contributed by atoms with Crippen molar-refractivity contribution in [3.05, 3.63) is 72.6 Å². The van der Waals surface area contributed by atoms with Crippen molar-refractivity contribution in [1.82, 2.24) is 14.7 Å². The summed E-state index contributed by atoms with van der Waals surface area (Å²) in [5.74, 6) is -0.241. The molecule has 6 nitrogen and oxygen atoms in total. The summed E-state index contributed by atoms with van der Waals surface area (Å²) in [6, 6.07) is 19.9. The first-order valence-corrected chi connectivity index (χ1v) is 10.8. The molecule has 1 saturated heterocycles. The van der Waals surface area contributed by atoms with Gasteiger partial charge in [-0.25, -0.2) is 0 Å². The predicted octanol–water partition coefficient (Wildman–Crippen LogP) is 4.13. The van der Waals surface area contributed by atoms with Crippen LogP contribution in [0.5, 0.6) is 0 Å². The normalized spacial score (nSPS) is 16.6. The molecule has 3 aromatic rings.